The number of nitrogens with one attached hydrogen (secondary N) is 1. The molecule has 9 heteroatoms. The van der Waals surface area contributed by atoms with E-state index in [4.69, 9.17) is 37.7 Å². The molecule has 1 aromatic carbocycles. The lowest BCUT2D eigenvalue weighted by Crippen LogP contribution is -2.32. The van der Waals surface area contributed by atoms with Crippen LogP contribution in [0.4, 0.5) is 0 Å². The van der Waals surface area contributed by atoms with Crippen molar-refractivity contribution in [3.05, 3.63) is 57.0 Å². The first-order valence-electron chi connectivity index (χ1n) is 8.48. The van der Waals surface area contributed by atoms with Gasteiger partial charge in [0.25, 0.3) is 5.91 Å². The molecule has 1 aromatic heterocycles. The van der Waals surface area contributed by atoms with E-state index in [9.17, 15) is 4.79 Å². The molecule has 2 heterocycles. The summed E-state index contributed by atoms with van der Waals surface area (Å²) in [5, 5.41) is 3.81. The molecule has 0 unspecified atom stereocenters. The van der Waals surface area contributed by atoms with Crippen molar-refractivity contribution >= 4 is 56.8 Å². The number of furan rings is 1. The van der Waals surface area contributed by atoms with Gasteiger partial charge in [-0.2, -0.15) is 0 Å². The summed E-state index contributed by atoms with van der Waals surface area (Å²) >= 11 is 14.7. The monoisotopic (exact) mass is 484 g/mol. The third-order valence-electron chi connectivity index (χ3n) is 3.93. The number of hydrogen-bond acceptors (Lipinski definition) is 5. The molecule has 0 aliphatic carbocycles. The average molecular weight is 486 g/mol. The van der Waals surface area contributed by atoms with Crippen LogP contribution in [0.25, 0.3) is 6.08 Å². The van der Waals surface area contributed by atoms with Gasteiger partial charge in [0.2, 0.25) is 0 Å². The zero-order valence-electron chi connectivity index (χ0n) is 15.0. The minimum atomic E-state index is -0.183. The Kier molecular flexibility index (Phi) is 7.12. The summed E-state index contributed by atoms with van der Waals surface area (Å²) in [7, 11) is 1.62. The van der Waals surface area contributed by atoms with E-state index < -0.39 is 0 Å². The topological polar surface area (TPSA) is 63.9 Å². The van der Waals surface area contributed by atoms with Crippen LogP contribution in [-0.2, 0) is 16.1 Å². The zero-order valence-corrected chi connectivity index (χ0v) is 18.2. The number of methoxy groups -OCH3 is 1. The van der Waals surface area contributed by atoms with Gasteiger partial charge in [0, 0.05) is 30.8 Å². The van der Waals surface area contributed by atoms with Crippen LogP contribution in [0.3, 0.4) is 0 Å². The Morgan fingerprint density at radius 1 is 1.36 bits per heavy atom. The van der Waals surface area contributed by atoms with Crippen LogP contribution >= 0.6 is 39.7 Å². The second-order valence-corrected chi connectivity index (χ2v) is 7.67. The molecular formula is C19H18BrClN2O4S. The molecule has 1 aliphatic heterocycles. The normalized spacial score (nSPS) is 15.4. The second kappa shape index (κ2) is 9.56. The number of ether oxygens (including phenoxy) is 2. The SMILES string of the molecule is COCCCN1C(=O)/C(=C\c2ccc(COc3ccc(Br)cc3Cl)o2)NC1=S. The first kappa shape index (κ1) is 20.9. The smallest absolute Gasteiger partial charge is 0.276 e. The lowest BCUT2D eigenvalue weighted by molar-refractivity contribution is -0.122. The summed E-state index contributed by atoms with van der Waals surface area (Å²) in [5.74, 6) is 1.51. The molecule has 2 aromatic rings. The molecule has 0 saturated carbocycles. The first-order chi connectivity index (χ1) is 13.5. The molecule has 0 atom stereocenters. The predicted octanol–water partition coefficient (Wildman–Crippen LogP) is 4.37. The molecule has 148 valence electrons. The molecule has 1 fully saturated rings. The van der Waals surface area contributed by atoms with Crippen LogP contribution in [0.5, 0.6) is 5.75 Å². The van der Waals surface area contributed by atoms with Crippen molar-refractivity contribution in [3.8, 4) is 5.75 Å². The van der Waals surface area contributed by atoms with Crippen molar-refractivity contribution < 1.29 is 18.7 Å². The maximum Gasteiger partial charge on any atom is 0.276 e. The molecule has 1 aliphatic rings. The highest BCUT2D eigenvalue weighted by molar-refractivity contribution is 9.10. The Balaban J connectivity index is 1.62. The first-order valence-corrected chi connectivity index (χ1v) is 10.1. The maximum absolute atomic E-state index is 12.5. The van der Waals surface area contributed by atoms with E-state index in [0.29, 0.717) is 52.7 Å². The lowest BCUT2D eigenvalue weighted by Gasteiger charge is -2.12. The number of rotatable bonds is 8. The van der Waals surface area contributed by atoms with Crippen molar-refractivity contribution in [2.45, 2.75) is 13.0 Å². The Hall–Kier alpha value is -1.87. The Morgan fingerprint density at radius 3 is 2.93 bits per heavy atom. The summed E-state index contributed by atoms with van der Waals surface area (Å²) in [6.07, 6.45) is 2.33. The zero-order chi connectivity index (χ0) is 20.1. The summed E-state index contributed by atoms with van der Waals surface area (Å²) in [6.45, 7) is 1.28. The fourth-order valence-corrected chi connectivity index (χ4v) is 3.59. The fraction of sp³-hybridized carbons (Fsp3) is 0.263. The highest BCUT2D eigenvalue weighted by atomic mass is 79.9. The van der Waals surface area contributed by atoms with Gasteiger partial charge >= 0.3 is 0 Å². The van der Waals surface area contributed by atoms with E-state index in [1.807, 2.05) is 6.07 Å². The van der Waals surface area contributed by atoms with Gasteiger partial charge in [-0.1, -0.05) is 27.5 Å². The standard InChI is InChI=1S/C19H18BrClN2O4S/c1-25-8-2-7-23-18(24)16(22-19(23)28)10-13-4-5-14(27-13)11-26-17-6-3-12(20)9-15(17)21/h3-6,9-10H,2,7-8,11H2,1H3,(H,22,28)/b16-10+. The molecule has 6 nitrogen and oxygen atoms in total. The number of carbonyl (C=O) groups is 1. The van der Waals surface area contributed by atoms with Gasteiger partial charge in [0.1, 0.15) is 29.6 Å². The van der Waals surface area contributed by atoms with E-state index in [1.54, 1.807) is 37.5 Å². The van der Waals surface area contributed by atoms with Crippen LogP contribution in [0.15, 0.2) is 44.9 Å². The molecule has 1 amide bonds. The van der Waals surface area contributed by atoms with Crippen LogP contribution < -0.4 is 10.1 Å². The summed E-state index contributed by atoms with van der Waals surface area (Å²) in [6, 6.07) is 8.93. The van der Waals surface area contributed by atoms with Crippen molar-refractivity contribution in [2.24, 2.45) is 0 Å². The molecule has 1 N–H and O–H groups in total. The van der Waals surface area contributed by atoms with Crippen LogP contribution in [0.2, 0.25) is 5.02 Å². The highest BCUT2D eigenvalue weighted by Gasteiger charge is 2.30. The molecule has 0 radical (unpaired) electrons. The van der Waals surface area contributed by atoms with E-state index in [1.165, 1.54) is 4.90 Å². The lowest BCUT2D eigenvalue weighted by atomic mass is 10.3. The Bertz CT molecular complexity index is 915. The molecule has 0 spiro atoms. The van der Waals surface area contributed by atoms with Crippen LogP contribution in [-0.4, -0.2) is 36.2 Å². The van der Waals surface area contributed by atoms with Crippen molar-refractivity contribution in [1.29, 1.82) is 0 Å². The average Bonchev–Trinajstić information content (AvgIpc) is 3.20. The highest BCUT2D eigenvalue weighted by Crippen LogP contribution is 2.28. The molecule has 1 saturated heterocycles. The van der Waals surface area contributed by atoms with E-state index in [0.717, 1.165) is 4.47 Å². The number of benzene rings is 1. The number of hydrogen-bond donors (Lipinski definition) is 1. The van der Waals surface area contributed by atoms with E-state index in [-0.39, 0.29) is 12.5 Å². The van der Waals surface area contributed by atoms with Crippen molar-refractivity contribution in [1.82, 2.24) is 10.2 Å². The molecule has 0 bridgehead atoms. The number of nitrogens with zero attached hydrogens (tertiary/aromatic N) is 1. The second-order valence-electron chi connectivity index (χ2n) is 5.96. The van der Waals surface area contributed by atoms with Gasteiger partial charge in [-0.05, 0) is 49.0 Å². The molecule has 28 heavy (non-hydrogen) atoms. The summed E-state index contributed by atoms with van der Waals surface area (Å²) in [5.41, 5.74) is 0.375. The minimum absolute atomic E-state index is 0.183. The van der Waals surface area contributed by atoms with Gasteiger partial charge in [-0.3, -0.25) is 9.69 Å². The van der Waals surface area contributed by atoms with E-state index in [2.05, 4.69) is 21.2 Å². The number of halogens is 2. The van der Waals surface area contributed by atoms with Crippen LogP contribution in [0, 0.1) is 0 Å². The van der Waals surface area contributed by atoms with Gasteiger partial charge in [0.15, 0.2) is 5.11 Å². The van der Waals surface area contributed by atoms with Crippen molar-refractivity contribution in [2.75, 3.05) is 20.3 Å². The molecule has 3 rings (SSSR count). The number of amides is 1. The third-order valence-corrected chi connectivity index (χ3v) is 5.04. The van der Waals surface area contributed by atoms with Crippen molar-refractivity contribution in [3.63, 3.8) is 0 Å². The molecular weight excluding hydrogens is 468 g/mol. The maximum atomic E-state index is 12.5. The van der Waals surface area contributed by atoms with Gasteiger partial charge < -0.3 is 19.2 Å². The van der Waals surface area contributed by atoms with Gasteiger partial charge in [-0.15, -0.1) is 0 Å². The predicted molar refractivity (Wildman–Crippen MR) is 114 cm³/mol. The van der Waals surface area contributed by atoms with Gasteiger partial charge in [-0.25, -0.2) is 0 Å². The number of carbonyl (C=O) groups excluding carboxylic acids is 1. The van der Waals surface area contributed by atoms with E-state index >= 15 is 0 Å². The summed E-state index contributed by atoms with van der Waals surface area (Å²) < 4.78 is 17.3. The number of thiocarbonyl (C=S) groups is 1. The van der Waals surface area contributed by atoms with Crippen LogP contribution in [0.1, 0.15) is 17.9 Å². The third kappa shape index (κ3) is 5.14. The van der Waals surface area contributed by atoms with Gasteiger partial charge in [0.05, 0.1) is 5.02 Å². The Labute approximate surface area is 181 Å². The summed E-state index contributed by atoms with van der Waals surface area (Å²) in [4.78, 5) is 14.0. The minimum Gasteiger partial charge on any atom is -0.484 e. The fourth-order valence-electron chi connectivity index (χ4n) is 2.57. The quantitative estimate of drug-likeness (QED) is 0.340. The largest absolute Gasteiger partial charge is 0.484 e. The Morgan fingerprint density at radius 2 is 2.18 bits per heavy atom.